The Kier molecular flexibility index (Phi) is 6.07. The predicted octanol–water partition coefficient (Wildman–Crippen LogP) is 2.90. The molecule has 1 saturated heterocycles. The maximum Gasteiger partial charge on any atom is 0.227 e. The lowest BCUT2D eigenvalue weighted by Gasteiger charge is -2.25. The average molecular weight is 357 g/mol. The SMILES string of the molecule is COc1ccc(C(=O)COc2coc(CN3CCCCC3)cc2=O)cc1. The molecule has 0 radical (unpaired) electrons. The maximum absolute atomic E-state index is 12.2. The summed E-state index contributed by atoms with van der Waals surface area (Å²) in [5, 5.41) is 0. The Labute approximate surface area is 152 Å². The minimum absolute atomic E-state index is 0.0502. The van der Waals surface area contributed by atoms with E-state index in [0.717, 1.165) is 13.1 Å². The molecule has 0 unspecified atom stereocenters. The first-order valence-electron chi connectivity index (χ1n) is 8.80. The lowest BCUT2D eigenvalue weighted by molar-refractivity contribution is 0.0919. The largest absolute Gasteiger partial charge is 0.497 e. The summed E-state index contributed by atoms with van der Waals surface area (Å²) < 4.78 is 15.9. The zero-order valence-corrected chi connectivity index (χ0v) is 14.9. The van der Waals surface area contributed by atoms with Gasteiger partial charge in [0.25, 0.3) is 0 Å². The van der Waals surface area contributed by atoms with Crippen molar-refractivity contribution < 1.29 is 18.7 Å². The first kappa shape index (κ1) is 18.2. The van der Waals surface area contributed by atoms with Gasteiger partial charge in [0.1, 0.15) is 17.8 Å². The van der Waals surface area contributed by atoms with Crippen LogP contribution < -0.4 is 14.9 Å². The van der Waals surface area contributed by atoms with Gasteiger partial charge in [-0.1, -0.05) is 6.42 Å². The van der Waals surface area contributed by atoms with Crippen LogP contribution in [-0.4, -0.2) is 37.5 Å². The Balaban J connectivity index is 1.57. The first-order valence-corrected chi connectivity index (χ1v) is 8.80. The van der Waals surface area contributed by atoms with E-state index in [1.807, 2.05) is 0 Å². The molecule has 2 aromatic rings. The maximum atomic E-state index is 12.2. The molecule has 26 heavy (non-hydrogen) atoms. The summed E-state index contributed by atoms with van der Waals surface area (Å²) in [5.74, 6) is 1.12. The van der Waals surface area contributed by atoms with Crippen LogP contribution in [0.5, 0.6) is 11.5 Å². The van der Waals surface area contributed by atoms with Crippen LogP contribution in [0.4, 0.5) is 0 Å². The summed E-state index contributed by atoms with van der Waals surface area (Å²) in [5.41, 5.74) is 0.225. The van der Waals surface area contributed by atoms with Crippen LogP contribution in [0.3, 0.4) is 0 Å². The smallest absolute Gasteiger partial charge is 0.227 e. The minimum Gasteiger partial charge on any atom is -0.497 e. The zero-order valence-electron chi connectivity index (χ0n) is 14.9. The van der Waals surface area contributed by atoms with Crippen molar-refractivity contribution in [2.24, 2.45) is 0 Å². The summed E-state index contributed by atoms with van der Waals surface area (Å²) in [7, 11) is 1.56. The van der Waals surface area contributed by atoms with Crippen molar-refractivity contribution in [3.05, 3.63) is 58.1 Å². The van der Waals surface area contributed by atoms with Crippen molar-refractivity contribution in [3.8, 4) is 11.5 Å². The number of ether oxygens (including phenoxy) is 2. The van der Waals surface area contributed by atoms with E-state index in [9.17, 15) is 9.59 Å². The highest BCUT2D eigenvalue weighted by atomic mass is 16.5. The van der Waals surface area contributed by atoms with Gasteiger partial charge in [0, 0.05) is 11.6 Å². The van der Waals surface area contributed by atoms with Crippen LogP contribution in [0.1, 0.15) is 35.4 Å². The highest BCUT2D eigenvalue weighted by Crippen LogP contribution is 2.15. The van der Waals surface area contributed by atoms with Gasteiger partial charge in [0.05, 0.1) is 13.7 Å². The Bertz CT molecular complexity index is 791. The summed E-state index contributed by atoms with van der Waals surface area (Å²) in [4.78, 5) is 26.6. The molecule has 1 aliphatic rings. The van der Waals surface area contributed by atoms with Gasteiger partial charge >= 0.3 is 0 Å². The number of Topliss-reactive ketones (excluding diaryl/α,β-unsaturated/α-hetero) is 1. The van der Waals surface area contributed by atoms with Crippen molar-refractivity contribution in [3.63, 3.8) is 0 Å². The van der Waals surface area contributed by atoms with E-state index in [0.29, 0.717) is 23.6 Å². The van der Waals surface area contributed by atoms with Gasteiger partial charge in [-0.15, -0.1) is 0 Å². The van der Waals surface area contributed by atoms with E-state index in [2.05, 4.69) is 4.90 Å². The van der Waals surface area contributed by atoms with Crippen LogP contribution in [0.2, 0.25) is 0 Å². The van der Waals surface area contributed by atoms with Crippen molar-refractivity contribution in [2.45, 2.75) is 25.8 Å². The molecule has 1 aromatic heterocycles. The molecule has 1 aromatic carbocycles. The van der Waals surface area contributed by atoms with Gasteiger partial charge in [-0.3, -0.25) is 14.5 Å². The second-order valence-corrected chi connectivity index (χ2v) is 6.35. The van der Waals surface area contributed by atoms with Crippen molar-refractivity contribution in [1.29, 1.82) is 0 Å². The van der Waals surface area contributed by atoms with Crippen molar-refractivity contribution in [1.82, 2.24) is 4.90 Å². The minimum atomic E-state index is -0.272. The lowest BCUT2D eigenvalue weighted by Crippen LogP contribution is -2.29. The number of hydrogen-bond donors (Lipinski definition) is 0. The molecule has 0 atom stereocenters. The molecule has 2 heterocycles. The number of nitrogens with zero attached hydrogens (tertiary/aromatic N) is 1. The summed E-state index contributed by atoms with van der Waals surface area (Å²) >= 11 is 0. The molecule has 0 N–H and O–H groups in total. The summed E-state index contributed by atoms with van der Waals surface area (Å²) in [6.07, 6.45) is 4.91. The van der Waals surface area contributed by atoms with E-state index in [4.69, 9.17) is 13.9 Å². The second-order valence-electron chi connectivity index (χ2n) is 6.35. The van der Waals surface area contributed by atoms with Crippen LogP contribution in [0.25, 0.3) is 0 Å². The molecule has 0 saturated carbocycles. The molecule has 6 heteroatoms. The number of likely N-dealkylation sites (tertiary alicyclic amines) is 1. The molecule has 0 bridgehead atoms. The highest BCUT2D eigenvalue weighted by Gasteiger charge is 2.14. The van der Waals surface area contributed by atoms with Gasteiger partial charge in [0.2, 0.25) is 11.2 Å². The molecular formula is C20H23NO5. The Morgan fingerprint density at radius 2 is 1.88 bits per heavy atom. The molecule has 1 aliphatic heterocycles. The monoisotopic (exact) mass is 357 g/mol. The average Bonchev–Trinajstić information content (AvgIpc) is 2.68. The van der Waals surface area contributed by atoms with Gasteiger partial charge in [-0.25, -0.2) is 0 Å². The zero-order chi connectivity index (χ0) is 18.4. The topological polar surface area (TPSA) is 69.0 Å². The number of methoxy groups -OCH3 is 1. The number of rotatable bonds is 7. The van der Waals surface area contributed by atoms with E-state index >= 15 is 0 Å². The number of carbonyl (C=O) groups is 1. The molecule has 3 rings (SSSR count). The van der Waals surface area contributed by atoms with E-state index in [1.165, 1.54) is 31.6 Å². The van der Waals surface area contributed by atoms with Crippen LogP contribution >= 0.6 is 0 Å². The van der Waals surface area contributed by atoms with E-state index in [1.54, 1.807) is 31.4 Å². The van der Waals surface area contributed by atoms with Gasteiger partial charge in [-0.2, -0.15) is 0 Å². The number of hydrogen-bond acceptors (Lipinski definition) is 6. The Morgan fingerprint density at radius 1 is 1.15 bits per heavy atom. The third kappa shape index (κ3) is 4.73. The first-order chi connectivity index (χ1) is 12.7. The number of benzene rings is 1. The fourth-order valence-electron chi connectivity index (χ4n) is 2.97. The third-order valence-corrected chi connectivity index (χ3v) is 4.45. The quantitative estimate of drug-likeness (QED) is 0.710. The van der Waals surface area contributed by atoms with E-state index < -0.39 is 0 Å². The molecular weight excluding hydrogens is 334 g/mol. The van der Waals surface area contributed by atoms with Crippen LogP contribution in [0.15, 0.2) is 45.8 Å². The van der Waals surface area contributed by atoms with Crippen LogP contribution in [0, 0.1) is 0 Å². The number of carbonyl (C=O) groups excluding carboxylic acids is 1. The normalized spacial score (nSPS) is 14.8. The fourth-order valence-corrected chi connectivity index (χ4v) is 2.97. The Hall–Kier alpha value is -2.60. The molecule has 6 nitrogen and oxygen atoms in total. The third-order valence-electron chi connectivity index (χ3n) is 4.45. The molecule has 0 aliphatic carbocycles. The number of piperidine rings is 1. The Morgan fingerprint density at radius 3 is 2.54 bits per heavy atom. The van der Waals surface area contributed by atoms with Gasteiger partial charge in [-0.05, 0) is 50.2 Å². The van der Waals surface area contributed by atoms with E-state index in [-0.39, 0.29) is 23.6 Å². The molecule has 1 fully saturated rings. The molecule has 0 amide bonds. The lowest BCUT2D eigenvalue weighted by atomic mass is 10.1. The number of ketones is 1. The second kappa shape index (κ2) is 8.67. The van der Waals surface area contributed by atoms with Crippen molar-refractivity contribution in [2.75, 3.05) is 26.8 Å². The van der Waals surface area contributed by atoms with Gasteiger partial charge in [0.15, 0.2) is 12.4 Å². The summed E-state index contributed by atoms with van der Waals surface area (Å²) in [6, 6.07) is 8.18. The van der Waals surface area contributed by atoms with Gasteiger partial charge < -0.3 is 13.9 Å². The fraction of sp³-hybridized carbons (Fsp3) is 0.400. The van der Waals surface area contributed by atoms with Crippen LogP contribution in [-0.2, 0) is 6.54 Å². The standard InChI is InChI=1S/C20H23NO5/c1-24-16-7-5-15(6-8-16)19(23)13-26-20-14-25-17(11-18(20)22)12-21-9-3-2-4-10-21/h5-8,11,14H,2-4,9-10,12-13H2,1H3. The molecule has 138 valence electrons. The predicted molar refractivity (Wildman–Crippen MR) is 96.9 cm³/mol. The summed E-state index contributed by atoms with van der Waals surface area (Å²) in [6.45, 7) is 2.46. The highest BCUT2D eigenvalue weighted by molar-refractivity contribution is 5.97. The van der Waals surface area contributed by atoms with Crippen molar-refractivity contribution >= 4 is 5.78 Å². The molecule has 0 spiro atoms.